The number of aromatic nitrogens is 2. The number of benzene rings is 1. The average Bonchev–Trinajstić information content (AvgIpc) is 2.96. The highest BCUT2D eigenvalue weighted by atomic mass is 32.1. The Bertz CT molecular complexity index is 617. The van der Waals surface area contributed by atoms with Gasteiger partial charge in [0.15, 0.2) is 0 Å². The number of ether oxygens (including phenoxy) is 1. The molecule has 2 heterocycles. The van der Waals surface area contributed by atoms with Crippen molar-refractivity contribution in [3.05, 3.63) is 24.3 Å². The van der Waals surface area contributed by atoms with Gasteiger partial charge in [0.1, 0.15) is 10.8 Å². The van der Waals surface area contributed by atoms with Gasteiger partial charge in [-0.3, -0.25) is 4.90 Å². The quantitative estimate of drug-likeness (QED) is 0.898. The van der Waals surface area contributed by atoms with Crippen LogP contribution in [0.25, 0.3) is 10.6 Å². The summed E-state index contributed by atoms with van der Waals surface area (Å²) in [6, 6.07) is 7.90. The van der Waals surface area contributed by atoms with Crippen molar-refractivity contribution in [3.8, 4) is 16.3 Å². The molecule has 6 nitrogen and oxygen atoms in total. The molecule has 124 valence electrons. The van der Waals surface area contributed by atoms with E-state index in [0.717, 1.165) is 60.6 Å². The highest BCUT2D eigenvalue weighted by molar-refractivity contribution is 7.18. The van der Waals surface area contributed by atoms with Crippen LogP contribution >= 0.6 is 11.3 Å². The molecule has 1 aliphatic rings. The first kappa shape index (κ1) is 16.2. The third-order valence-electron chi connectivity index (χ3n) is 4.03. The normalized spacial score (nSPS) is 16.3. The molecule has 3 rings (SSSR count). The fourth-order valence-corrected chi connectivity index (χ4v) is 3.62. The molecule has 1 aromatic heterocycles. The van der Waals surface area contributed by atoms with Gasteiger partial charge in [0.2, 0.25) is 5.13 Å². The number of rotatable bonds is 5. The van der Waals surface area contributed by atoms with Crippen LogP contribution in [0, 0.1) is 0 Å². The molecule has 2 aromatic rings. The highest BCUT2D eigenvalue weighted by Gasteiger charge is 2.18. The summed E-state index contributed by atoms with van der Waals surface area (Å²) < 4.78 is 5.19. The van der Waals surface area contributed by atoms with Crippen molar-refractivity contribution in [3.63, 3.8) is 0 Å². The molecule has 1 aromatic carbocycles. The van der Waals surface area contributed by atoms with Crippen LogP contribution in [-0.4, -0.2) is 66.6 Å². The molecule has 0 aliphatic carbocycles. The molecule has 1 saturated heterocycles. The van der Waals surface area contributed by atoms with E-state index < -0.39 is 0 Å². The van der Waals surface area contributed by atoms with Gasteiger partial charge < -0.3 is 14.7 Å². The van der Waals surface area contributed by atoms with Gasteiger partial charge in [0.05, 0.1) is 13.7 Å². The van der Waals surface area contributed by atoms with Gasteiger partial charge in [-0.2, -0.15) is 0 Å². The molecule has 1 N–H and O–H groups in total. The van der Waals surface area contributed by atoms with E-state index in [4.69, 9.17) is 9.84 Å². The molecule has 1 aliphatic heterocycles. The number of aliphatic hydroxyl groups is 1. The molecular formula is C16H22N4O2S. The van der Waals surface area contributed by atoms with Gasteiger partial charge in [-0.25, -0.2) is 0 Å². The van der Waals surface area contributed by atoms with Crippen molar-refractivity contribution >= 4 is 16.5 Å². The van der Waals surface area contributed by atoms with Gasteiger partial charge in [-0.05, 0) is 37.2 Å². The predicted octanol–water partition coefficient (Wildman–Crippen LogP) is 1.72. The van der Waals surface area contributed by atoms with Crippen LogP contribution in [0.1, 0.15) is 6.42 Å². The number of nitrogens with zero attached hydrogens (tertiary/aromatic N) is 4. The monoisotopic (exact) mass is 334 g/mol. The van der Waals surface area contributed by atoms with Crippen LogP contribution in [0.4, 0.5) is 5.13 Å². The van der Waals surface area contributed by atoms with Crippen molar-refractivity contribution in [2.24, 2.45) is 0 Å². The molecule has 0 spiro atoms. The molecule has 7 heteroatoms. The van der Waals surface area contributed by atoms with E-state index in [2.05, 4.69) is 20.0 Å². The maximum absolute atomic E-state index is 9.08. The van der Waals surface area contributed by atoms with Crippen molar-refractivity contribution in [2.45, 2.75) is 6.42 Å². The lowest BCUT2D eigenvalue weighted by Gasteiger charge is -2.20. The Hall–Kier alpha value is -1.70. The Labute approximate surface area is 140 Å². The maximum Gasteiger partial charge on any atom is 0.208 e. The van der Waals surface area contributed by atoms with Gasteiger partial charge in [-0.1, -0.05) is 11.3 Å². The minimum atomic E-state index is 0.223. The molecule has 0 saturated carbocycles. The van der Waals surface area contributed by atoms with Crippen molar-refractivity contribution in [1.82, 2.24) is 15.1 Å². The number of anilines is 1. The zero-order chi connectivity index (χ0) is 16.1. The zero-order valence-corrected chi connectivity index (χ0v) is 14.1. The standard InChI is InChI=1S/C16H22N4O2S/c1-22-14-5-3-13(4-6-14)15-17-18-16(23-15)20-8-2-7-19(9-10-20)11-12-21/h3-6,21H,2,7-12H2,1H3. The van der Waals surface area contributed by atoms with E-state index in [0.29, 0.717) is 0 Å². The average molecular weight is 334 g/mol. The Morgan fingerprint density at radius 3 is 2.70 bits per heavy atom. The van der Waals surface area contributed by atoms with Crippen molar-refractivity contribution in [2.75, 3.05) is 51.3 Å². The predicted molar refractivity (Wildman–Crippen MR) is 92.3 cm³/mol. The topological polar surface area (TPSA) is 61.7 Å². The lowest BCUT2D eigenvalue weighted by Crippen LogP contribution is -2.32. The van der Waals surface area contributed by atoms with Gasteiger partial charge in [0.25, 0.3) is 0 Å². The SMILES string of the molecule is COc1ccc(-c2nnc(N3CCCN(CCO)CC3)s2)cc1. The smallest absolute Gasteiger partial charge is 0.208 e. The van der Waals surface area contributed by atoms with Crippen LogP contribution in [0.15, 0.2) is 24.3 Å². The van der Waals surface area contributed by atoms with Crippen molar-refractivity contribution in [1.29, 1.82) is 0 Å². The Morgan fingerprint density at radius 1 is 1.13 bits per heavy atom. The summed E-state index contributed by atoms with van der Waals surface area (Å²) in [6.07, 6.45) is 1.08. The van der Waals surface area contributed by atoms with Gasteiger partial charge in [0, 0.05) is 31.7 Å². The molecule has 0 amide bonds. The number of β-amino-alcohol motifs (C(OH)–C–C–N with tert-alkyl or cyclic N) is 1. The van der Waals surface area contributed by atoms with Crippen molar-refractivity contribution < 1.29 is 9.84 Å². The van der Waals surface area contributed by atoms with E-state index in [9.17, 15) is 0 Å². The lowest BCUT2D eigenvalue weighted by atomic mass is 10.2. The second kappa shape index (κ2) is 7.72. The molecule has 23 heavy (non-hydrogen) atoms. The zero-order valence-electron chi connectivity index (χ0n) is 13.3. The first-order valence-electron chi connectivity index (χ1n) is 7.86. The lowest BCUT2D eigenvalue weighted by molar-refractivity contribution is 0.204. The van der Waals surface area contributed by atoms with E-state index >= 15 is 0 Å². The van der Waals surface area contributed by atoms with E-state index in [1.165, 1.54) is 0 Å². The first-order chi connectivity index (χ1) is 11.3. The summed E-state index contributed by atoms with van der Waals surface area (Å²) in [4.78, 5) is 4.59. The summed E-state index contributed by atoms with van der Waals surface area (Å²) in [6.45, 7) is 4.87. The maximum atomic E-state index is 9.08. The van der Waals surface area contributed by atoms with Crippen LogP contribution in [0.2, 0.25) is 0 Å². The summed E-state index contributed by atoms with van der Waals surface area (Å²) in [5.74, 6) is 0.843. The summed E-state index contributed by atoms with van der Waals surface area (Å²) >= 11 is 1.62. The van der Waals surface area contributed by atoms with Gasteiger partial charge in [-0.15, -0.1) is 10.2 Å². The second-order valence-corrected chi connectivity index (χ2v) is 6.48. The molecule has 0 unspecified atom stereocenters. The molecular weight excluding hydrogens is 312 g/mol. The second-order valence-electron chi connectivity index (χ2n) is 5.52. The highest BCUT2D eigenvalue weighted by Crippen LogP contribution is 2.30. The summed E-state index contributed by atoms with van der Waals surface area (Å²) in [7, 11) is 1.66. The third-order valence-corrected chi connectivity index (χ3v) is 5.06. The van der Waals surface area contributed by atoms with Gasteiger partial charge >= 0.3 is 0 Å². The number of methoxy groups -OCH3 is 1. The summed E-state index contributed by atoms with van der Waals surface area (Å²) in [5, 5.41) is 19.7. The molecule has 1 fully saturated rings. The molecule has 0 bridgehead atoms. The Kier molecular flexibility index (Phi) is 5.43. The number of aliphatic hydroxyl groups excluding tert-OH is 1. The Morgan fingerprint density at radius 2 is 1.96 bits per heavy atom. The largest absolute Gasteiger partial charge is 0.497 e. The minimum Gasteiger partial charge on any atom is -0.497 e. The van der Waals surface area contributed by atoms with Crippen LogP contribution in [-0.2, 0) is 0 Å². The minimum absolute atomic E-state index is 0.223. The van der Waals surface area contributed by atoms with Crippen LogP contribution < -0.4 is 9.64 Å². The van der Waals surface area contributed by atoms with Crippen LogP contribution in [0.3, 0.4) is 0 Å². The molecule has 0 atom stereocenters. The first-order valence-corrected chi connectivity index (χ1v) is 8.68. The van der Waals surface area contributed by atoms with E-state index in [1.54, 1.807) is 18.4 Å². The Balaban J connectivity index is 1.68. The third kappa shape index (κ3) is 3.99. The van der Waals surface area contributed by atoms with E-state index in [-0.39, 0.29) is 6.61 Å². The summed E-state index contributed by atoms with van der Waals surface area (Å²) in [5.41, 5.74) is 1.06. The fraction of sp³-hybridized carbons (Fsp3) is 0.500. The van der Waals surface area contributed by atoms with Crippen LogP contribution in [0.5, 0.6) is 5.75 Å². The number of hydrogen-bond donors (Lipinski definition) is 1. The van der Waals surface area contributed by atoms with E-state index in [1.807, 2.05) is 24.3 Å². The fourth-order valence-electron chi connectivity index (χ4n) is 2.72. The number of hydrogen-bond acceptors (Lipinski definition) is 7. The molecule has 0 radical (unpaired) electrons.